The van der Waals surface area contributed by atoms with E-state index in [9.17, 15) is 4.79 Å². The summed E-state index contributed by atoms with van der Waals surface area (Å²) in [5.74, 6) is 1.98. The van der Waals surface area contributed by atoms with Gasteiger partial charge in [0.15, 0.2) is 10.9 Å². The SMILES string of the molecule is CCCCSC1=NN2C(=c3ccccc3=N[C@H]2c2ccc(-c3cccc(Cl)c3)o2)C(=O)N1. The third-order valence-corrected chi connectivity index (χ3v) is 6.43. The van der Waals surface area contributed by atoms with E-state index in [-0.39, 0.29) is 5.91 Å². The second-order valence-electron chi connectivity index (χ2n) is 7.49. The van der Waals surface area contributed by atoms with Gasteiger partial charge in [-0.15, -0.1) is 5.10 Å². The minimum Gasteiger partial charge on any atom is -0.457 e. The number of amidine groups is 1. The highest BCUT2D eigenvalue weighted by Gasteiger charge is 2.35. The van der Waals surface area contributed by atoms with E-state index < -0.39 is 6.17 Å². The Morgan fingerprint density at radius 2 is 2.03 bits per heavy atom. The zero-order chi connectivity index (χ0) is 22.1. The average Bonchev–Trinajstić information content (AvgIpc) is 3.29. The molecule has 0 spiro atoms. The number of nitrogens with zero attached hydrogens (tertiary/aromatic N) is 3. The zero-order valence-corrected chi connectivity index (χ0v) is 19.0. The van der Waals surface area contributed by atoms with E-state index in [4.69, 9.17) is 26.1 Å². The lowest BCUT2D eigenvalue weighted by Crippen LogP contribution is -2.50. The fourth-order valence-electron chi connectivity index (χ4n) is 3.68. The first-order chi connectivity index (χ1) is 15.6. The molecule has 0 unspecified atom stereocenters. The van der Waals surface area contributed by atoms with Gasteiger partial charge in [0.05, 0.1) is 5.36 Å². The molecular formula is C24H21ClN4O2S. The van der Waals surface area contributed by atoms with E-state index in [1.165, 1.54) is 11.8 Å². The minimum absolute atomic E-state index is 0.187. The van der Waals surface area contributed by atoms with Gasteiger partial charge in [-0.2, -0.15) is 0 Å². The summed E-state index contributed by atoms with van der Waals surface area (Å²) in [6.45, 7) is 2.14. The van der Waals surface area contributed by atoms with E-state index in [0.717, 1.165) is 34.7 Å². The fraction of sp³-hybridized carbons (Fsp3) is 0.208. The van der Waals surface area contributed by atoms with Gasteiger partial charge < -0.3 is 4.42 Å². The molecule has 5 rings (SSSR count). The van der Waals surface area contributed by atoms with Crippen molar-refractivity contribution in [3.8, 4) is 11.3 Å². The van der Waals surface area contributed by atoms with Gasteiger partial charge in [-0.05, 0) is 36.8 Å². The third-order valence-electron chi connectivity index (χ3n) is 5.24. The first kappa shape index (κ1) is 20.8. The number of hydrogen-bond donors (Lipinski definition) is 1. The maximum atomic E-state index is 13.1. The van der Waals surface area contributed by atoms with Crippen molar-refractivity contribution in [1.29, 1.82) is 0 Å². The number of hydrazone groups is 1. The Labute approximate surface area is 194 Å². The summed E-state index contributed by atoms with van der Waals surface area (Å²) in [6.07, 6.45) is 1.55. The summed E-state index contributed by atoms with van der Waals surface area (Å²) in [5.41, 5.74) is 1.35. The molecule has 0 aliphatic carbocycles. The molecule has 1 aromatic heterocycles. The summed E-state index contributed by atoms with van der Waals surface area (Å²) in [6, 6.07) is 18.9. The van der Waals surface area contributed by atoms with Crippen LogP contribution in [-0.4, -0.2) is 21.8 Å². The smallest absolute Gasteiger partial charge is 0.276 e. The molecular weight excluding hydrogens is 444 g/mol. The average molecular weight is 465 g/mol. The Morgan fingerprint density at radius 1 is 1.16 bits per heavy atom. The summed E-state index contributed by atoms with van der Waals surface area (Å²) >= 11 is 7.69. The Hall–Kier alpha value is -3.03. The molecule has 2 aliphatic rings. The van der Waals surface area contributed by atoms with Gasteiger partial charge in [-0.1, -0.05) is 67.0 Å². The number of nitrogens with one attached hydrogen (secondary N) is 1. The van der Waals surface area contributed by atoms with Crippen LogP contribution in [0.5, 0.6) is 0 Å². The molecule has 3 aromatic rings. The zero-order valence-electron chi connectivity index (χ0n) is 17.4. The van der Waals surface area contributed by atoms with Crippen molar-refractivity contribution < 1.29 is 9.21 Å². The first-order valence-corrected chi connectivity index (χ1v) is 11.9. The maximum absolute atomic E-state index is 13.1. The van der Waals surface area contributed by atoms with Crippen molar-refractivity contribution in [2.75, 3.05) is 5.75 Å². The second kappa shape index (κ2) is 8.84. The van der Waals surface area contributed by atoms with Crippen LogP contribution in [0.2, 0.25) is 5.02 Å². The number of furan rings is 1. The molecule has 0 bridgehead atoms. The molecule has 1 amide bonds. The van der Waals surface area contributed by atoms with Crippen molar-refractivity contribution in [2.45, 2.75) is 25.9 Å². The largest absolute Gasteiger partial charge is 0.457 e. The number of carbonyl (C=O) groups excluding carboxylic acids is 1. The molecule has 6 nitrogen and oxygen atoms in total. The number of rotatable bonds is 5. The van der Waals surface area contributed by atoms with Crippen LogP contribution < -0.4 is 15.9 Å². The van der Waals surface area contributed by atoms with Gasteiger partial charge in [-0.3, -0.25) is 10.1 Å². The minimum atomic E-state index is -0.583. The van der Waals surface area contributed by atoms with E-state index >= 15 is 0 Å². The number of amides is 1. The summed E-state index contributed by atoms with van der Waals surface area (Å²) in [5, 5.41) is 12.1. The predicted molar refractivity (Wildman–Crippen MR) is 127 cm³/mol. The number of thioether (sulfide) groups is 1. The lowest BCUT2D eigenvalue weighted by Gasteiger charge is -2.32. The van der Waals surface area contributed by atoms with Crippen LogP contribution in [-0.2, 0) is 4.79 Å². The predicted octanol–water partition coefficient (Wildman–Crippen LogP) is 4.28. The van der Waals surface area contributed by atoms with E-state index in [0.29, 0.717) is 27.4 Å². The van der Waals surface area contributed by atoms with Crippen LogP contribution >= 0.6 is 23.4 Å². The highest BCUT2D eigenvalue weighted by molar-refractivity contribution is 8.13. The number of hydrogen-bond acceptors (Lipinski definition) is 6. The van der Waals surface area contributed by atoms with Gasteiger partial charge in [0.2, 0.25) is 6.17 Å². The highest BCUT2D eigenvalue weighted by atomic mass is 35.5. The van der Waals surface area contributed by atoms with Crippen molar-refractivity contribution in [2.24, 2.45) is 10.1 Å². The third kappa shape index (κ3) is 3.94. The summed E-state index contributed by atoms with van der Waals surface area (Å²) in [4.78, 5) is 18.0. The van der Waals surface area contributed by atoms with Gasteiger partial charge in [-0.25, -0.2) is 10.0 Å². The number of unbranched alkanes of at least 4 members (excludes halogenated alkanes) is 1. The maximum Gasteiger partial charge on any atom is 0.276 e. The van der Waals surface area contributed by atoms with E-state index in [2.05, 4.69) is 12.2 Å². The molecule has 1 N–H and O–H groups in total. The number of benzene rings is 2. The van der Waals surface area contributed by atoms with Gasteiger partial charge in [0.1, 0.15) is 11.5 Å². The monoisotopic (exact) mass is 464 g/mol. The second-order valence-corrected chi connectivity index (χ2v) is 9.01. The molecule has 32 heavy (non-hydrogen) atoms. The Kier molecular flexibility index (Phi) is 5.76. The molecule has 0 saturated carbocycles. The summed E-state index contributed by atoms with van der Waals surface area (Å²) in [7, 11) is 0. The number of carbonyl (C=O) groups is 1. The standard InChI is InChI=1S/C24H21ClN4O2S/c1-2-3-13-32-24-27-23(30)21-17-9-4-5-10-18(17)26-22(29(21)28-24)20-12-11-19(31-20)15-7-6-8-16(25)14-15/h4-12,14,22H,2-3,13H2,1H3,(H,27,28,30)/t22-/m1/s1. The molecule has 2 aromatic carbocycles. The Balaban J connectivity index is 1.58. The van der Waals surface area contributed by atoms with Crippen LogP contribution in [0.1, 0.15) is 31.7 Å². The molecule has 162 valence electrons. The van der Waals surface area contributed by atoms with Crippen LogP contribution in [0.4, 0.5) is 0 Å². The number of fused-ring (bicyclic) bond motifs is 2. The quantitative estimate of drug-likeness (QED) is 0.572. The molecule has 0 radical (unpaired) electrons. The van der Waals surface area contributed by atoms with Crippen molar-refractivity contribution >= 4 is 40.1 Å². The van der Waals surface area contributed by atoms with Gasteiger partial charge in [0, 0.05) is 21.6 Å². The molecule has 0 fully saturated rings. The van der Waals surface area contributed by atoms with Gasteiger partial charge >= 0.3 is 0 Å². The van der Waals surface area contributed by atoms with E-state index in [1.807, 2.05) is 60.7 Å². The normalized spacial score (nSPS) is 17.2. The van der Waals surface area contributed by atoms with Crippen LogP contribution in [0.25, 0.3) is 17.0 Å². The van der Waals surface area contributed by atoms with Crippen LogP contribution in [0, 0.1) is 0 Å². The summed E-state index contributed by atoms with van der Waals surface area (Å²) < 4.78 is 6.18. The number of halogens is 1. The highest BCUT2D eigenvalue weighted by Crippen LogP contribution is 2.34. The Bertz CT molecular complexity index is 1330. The van der Waals surface area contributed by atoms with E-state index in [1.54, 1.807) is 5.01 Å². The molecule has 2 aliphatic heterocycles. The molecule has 8 heteroatoms. The number of para-hydroxylation sites is 1. The lowest BCUT2D eigenvalue weighted by atomic mass is 10.1. The molecule has 0 saturated heterocycles. The van der Waals surface area contributed by atoms with Gasteiger partial charge in [0.25, 0.3) is 5.91 Å². The van der Waals surface area contributed by atoms with Crippen molar-refractivity contribution in [3.63, 3.8) is 0 Å². The molecule has 1 atom stereocenters. The fourth-order valence-corrected chi connectivity index (χ4v) is 4.81. The van der Waals surface area contributed by atoms with Crippen LogP contribution in [0.3, 0.4) is 0 Å². The van der Waals surface area contributed by atoms with Crippen LogP contribution in [0.15, 0.2) is 75.2 Å². The Morgan fingerprint density at radius 3 is 2.88 bits per heavy atom. The molecule has 3 heterocycles. The lowest BCUT2D eigenvalue weighted by molar-refractivity contribution is -0.116. The first-order valence-electron chi connectivity index (χ1n) is 10.5. The van der Waals surface area contributed by atoms with Crippen molar-refractivity contribution in [1.82, 2.24) is 10.3 Å². The van der Waals surface area contributed by atoms with Crippen molar-refractivity contribution in [3.05, 3.63) is 82.0 Å². The topological polar surface area (TPSA) is 70.2 Å².